The van der Waals surface area contributed by atoms with Gasteiger partial charge in [0.15, 0.2) is 0 Å². The number of primary amides is 1. The number of carbonyl (C=O) groups is 1. The lowest BCUT2D eigenvalue weighted by Crippen LogP contribution is -2.28. The molecule has 0 aliphatic rings. The second kappa shape index (κ2) is 5.76. The normalized spacial score (nSPS) is 9.50. The number of hydrogen-bond donors (Lipinski definition) is 1. The van der Waals surface area contributed by atoms with E-state index in [2.05, 4.69) is 5.92 Å². The van der Waals surface area contributed by atoms with Gasteiger partial charge in [-0.15, -0.1) is 6.42 Å². The number of carbonyl (C=O) groups excluding carboxylic acids is 1. The Hall–Kier alpha value is -2.02. The van der Waals surface area contributed by atoms with Crippen LogP contribution in [-0.2, 0) is 4.79 Å². The maximum atomic E-state index is 12.7. The van der Waals surface area contributed by atoms with Crippen LogP contribution in [0.5, 0.6) is 0 Å². The van der Waals surface area contributed by atoms with Crippen LogP contribution in [0.15, 0.2) is 24.3 Å². The van der Waals surface area contributed by atoms with Crippen molar-refractivity contribution in [1.29, 1.82) is 0 Å². The zero-order valence-electron chi connectivity index (χ0n) is 8.82. The second-order valence-corrected chi connectivity index (χ2v) is 3.32. The van der Waals surface area contributed by atoms with Gasteiger partial charge in [0.05, 0.1) is 6.54 Å². The highest BCUT2D eigenvalue weighted by molar-refractivity contribution is 5.74. The van der Waals surface area contributed by atoms with Crippen LogP contribution in [0, 0.1) is 18.2 Å². The molecule has 2 N–H and O–H groups in total. The van der Waals surface area contributed by atoms with E-state index in [1.807, 2.05) is 0 Å². The summed E-state index contributed by atoms with van der Waals surface area (Å²) in [5.74, 6) is 1.79. The molecule has 0 saturated carbocycles. The molecule has 1 aromatic rings. The Morgan fingerprint density at radius 3 is 2.56 bits per heavy atom. The summed E-state index contributed by atoms with van der Waals surface area (Å²) in [6.07, 6.45) is 5.44. The summed E-state index contributed by atoms with van der Waals surface area (Å²) in [4.78, 5) is 12.5. The first-order valence-electron chi connectivity index (χ1n) is 4.85. The molecule has 16 heavy (non-hydrogen) atoms. The minimum absolute atomic E-state index is 0.221. The molecule has 0 aliphatic heterocycles. The van der Waals surface area contributed by atoms with Crippen molar-refractivity contribution in [3.8, 4) is 12.3 Å². The Balaban J connectivity index is 2.73. The first-order valence-corrected chi connectivity index (χ1v) is 4.85. The quantitative estimate of drug-likeness (QED) is 0.756. The molecule has 0 fully saturated rings. The van der Waals surface area contributed by atoms with Gasteiger partial charge >= 0.3 is 0 Å². The van der Waals surface area contributed by atoms with Gasteiger partial charge in [-0.05, 0) is 24.3 Å². The summed E-state index contributed by atoms with van der Waals surface area (Å²) in [6, 6.07) is 5.94. The van der Waals surface area contributed by atoms with Gasteiger partial charge < -0.3 is 10.6 Å². The summed E-state index contributed by atoms with van der Waals surface area (Å²) in [5.41, 5.74) is 5.84. The zero-order chi connectivity index (χ0) is 12.0. The molecule has 0 saturated heterocycles. The standard InChI is InChI=1S/C12H13FN2O/c1-2-8-15(9-7-12(14)16)11-5-3-10(13)4-6-11/h1,3-6H,7-9H2,(H2,14,16). The number of anilines is 1. The number of nitrogens with zero attached hydrogens (tertiary/aromatic N) is 1. The van der Waals surface area contributed by atoms with E-state index in [1.54, 1.807) is 17.0 Å². The van der Waals surface area contributed by atoms with Crippen LogP contribution in [-0.4, -0.2) is 19.0 Å². The molecule has 0 radical (unpaired) electrons. The van der Waals surface area contributed by atoms with E-state index in [0.717, 1.165) is 5.69 Å². The Bertz CT molecular complexity index is 394. The Morgan fingerprint density at radius 2 is 2.06 bits per heavy atom. The number of hydrogen-bond acceptors (Lipinski definition) is 2. The molecule has 1 aromatic carbocycles. The van der Waals surface area contributed by atoms with Crippen molar-refractivity contribution in [1.82, 2.24) is 0 Å². The number of halogens is 1. The first kappa shape index (κ1) is 12.1. The van der Waals surface area contributed by atoms with Crippen molar-refractivity contribution in [2.24, 2.45) is 5.73 Å². The Kier molecular flexibility index (Phi) is 4.34. The number of rotatable bonds is 5. The van der Waals surface area contributed by atoms with Crippen LogP contribution in [0.2, 0.25) is 0 Å². The van der Waals surface area contributed by atoms with Crippen molar-refractivity contribution in [3.05, 3.63) is 30.1 Å². The molecule has 1 rings (SSSR count). The molecule has 4 heteroatoms. The van der Waals surface area contributed by atoms with Gasteiger partial charge in [-0.1, -0.05) is 5.92 Å². The van der Waals surface area contributed by atoms with Crippen LogP contribution in [0.3, 0.4) is 0 Å². The summed E-state index contributed by atoms with van der Waals surface area (Å²) < 4.78 is 12.7. The average molecular weight is 220 g/mol. The molecule has 0 aromatic heterocycles. The van der Waals surface area contributed by atoms with E-state index in [4.69, 9.17) is 12.2 Å². The van der Waals surface area contributed by atoms with Gasteiger partial charge in [0.1, 0.15) is 5.82 Å². The number of terminal acetylenes is 1. The van der Waals surface area contributed by atoms with Gasteiger partial charge in [-0.2, -0.15) is 0 Å². The first-order chi connectivity index (χ1) is 7.63. The maximum absolute atomic E-state index is 12.7. The van der Waals surface area contributed by atoms with Crippen LogP contribution < -0.4 is 10.6 Å². The summed E-state index contributed by atoms with van der Waals surface area (Å²) in [6.45, 7) is 0.796. The monoisotopic (exact) mass is 220 g/mol. The Labute approximate surface area is 94.0 Å². The van der Waals surface area contributed by atoms with Crippen LogP contribution in [0.4, 0.5) is 10.1 Å². The van der Waals surface area contributed by atoms with E-state index >= 15 is 0 Å². The van der Waals surface area contributed by atoms with Crippen LogP contribution in [0.25, 0.3) is 0 Å². The van der Waals surface area contributed by atoms with E-state index in [1.165, 1.54) is 12.1 Å². The SMILES string of the molecule is C#CCN(CCC(N)=O)c1ccc(F)cc1. The van der Waals surface area contributed by atoms with Crippen molar-refractivity contribution in [3.63, 3.8) is 0 Å². The Morgan fingerprint density at radius 1 is 1.44 bits per heavy atom. The van der Waals surface area contributed by atoms with Crippen LogP contribution >= 0.6 is 0 Å². The predicted molar refractivity (Wildman–Crippen MR) is 61.3 cm³/mol. The van der Waals surface area contributed by atoms with Crippen molar-refractivity contribution in [2.45, 2.75) is 6.42 Å². The zero-order valence-corrected chi connectivity index (χ0v) is 8.82. The lowest BCUT2D eigenvalue weighted by atomic mass is 10.2. The molecule has 0 spiro atoms. The number of nitrogens with two attached hydrogens (primary N) is 1. The third-order valence-electron chi connectivity index (χ3n) is 2.10. The van der Waals surface area contributed by atoms with Crippen molar-refractivity contribution >= 4 is 11.6 Å². The summed E-state index contributed by atoms with van der Waals surface area (Å²) in [7, 11) is 0. The molecular formula is C12H13FN2O. The predicted octanol–water partition coefficient (Wildman–Crippen LogP) is 1.14. The molecule has 3 nitrogen and oxygen atoms in total. The van der Waals surface area contributed by atoms with Gasteiger partial charge in [-0.25, -0.2) is 4.39 Å². The molecule has 0 bridgehead atoms. The van der Waals surface area contributed by atoms with E-state index in [0.29, 0.717) is 13.1 Å². The molecular weight excluding hydrogens is 207 g/mol. The summed E-state index contributed by atoms with van der Waals surface area (Å²) >= 11 is 0. The van der Waals surface area contributed by atoms with Gasteiger partial charge in [0, 0.05) is 18.7 Å². The minimum atomic E-state index is -0.385. The van der Waals surface area contributed by atoms with Gasteiger partial charge in [-0.3, -0.25) is 4.79 Å². The largest absolute Gasteiger partial charge is 0.370 e. The highest BCUT2D eigenvalue weighted by Crippen LogP contribution is 2.14. The molecule has 84 valence electrons. The van der Waals surface area contributed by atoms with E-state index in [9.17, 15) is 9.18 Å². The lowest BCUT2D eigenvalue weighted by Gasteiger charge is -2.21. The van der Waals surface area contributed by atoms with Crippen molar-refractivity contribution < 1.29 is 9.18 Å². The third-order valence-corrected chi connectivity index (χ3v) is 2.10. The van der Waals surface area contributed by atoms with E-state index in [-0.39, 0.29) is 18.1 Å². The fraction of sp³-hybridized carbons (Fsp3) is 0.250. The van der Waals surface area contributed by atoms with E-state index < -0.39 is 0 Å². The number of benzene rings is 1. The smallest absolute Gasteiger partial charge is 0.219 e. The lowest BCUT2D eigenvalue weighted by molar-refractivity contribution is -0.117. The van der Waals surface area contributed by atoms with Gasteiger partial charge in [0.2, 0.25) is 5.91 Å². The van der Waals surface area contributed by atoms with Gasteiger partial charge in [0.25, 0.3) is 0 Å². The second-order valence-electron chi connectivity index (χ2n) is 3.32. The molecule has 0 unspecified atom stereocenters. The molecule has 1 amide bonds. The molecule has 0 aliphatic carbocycles. The average Bonchev–Trinajstić information content (AvgIpc) is 2.25. The van der Waals surface area contributed by atoms with Crippen LogP contribution in [0.1, 0.15) is 6.42 Å². The topological polar surface area (TPSA) is 46.3 Å². The number of amides is 1. The molecule has 0 atom stereocenters. The summed E-state index contributed by atoms with van der Waals surface area (Å²) in [5, 5.41) is 0. The van der Waals surface area contributed by atoms with Crippen molar-refractivity contribution in [2.75, 3.05) is 18.0 Å². The third kappa shape index (κ3) is 3.62. The molecule has 0 heterocycles. The fourth-order valence-electron chi connectivity index (χ4n) is 1.31. The fourth-order valence-corrected chi connectivity index (χ4v) is 1.31. The highest BCUT2D eigenvalue weighted by atomic mass is 19.1. The minimum Gasteiger partial charge on any atom is -0.370 e. The highest BCUT2D eigenvalue weighted by Gasteiger charge is 2.06. The maximum Gasteiger partial charge on any atom is 0.219 e.